The van der Waals surface area contributed by atoms with Crippen LogP contribution in [0.2, 0.25) is 0 Å². The molecule has 3 rings (SSSR count). The van der Waals surface area contributed by atoms with Gasteiger partial charge < -0.3 is 50.0 Å². The first-order valence-electron chi connectivity index (χ1n) is 11.5. The van der Waals surface area contributed by atoms with Crippen molar-refractivity contribution in [1.82, 2.24) is 10.6 Å². The Bertz CT molecular complexity index is 865. The molecule has 6 N–H and O–H groups in total. The number of halogens is 1. The Kier molecular flexibility index (Phi) is 10.1. The van der Waals surface area contributed by atoms with Crippen LogP contribution in [0.3, 0.4) is 0 Å². The summed E-state index contributed by atoms with van der Waals surface area (Å²) in [5.41, 5.74) is 0.801. The summed E-state index contributed by atoms with van der Waals surface area (Å²) in [6.07, 6.45) is -11.9. The summed E-state index contributed by atoms with van der Waals surface area (Å²) in [5, 5.41) is 45.9. The maximum atomic E-state index is 14.4. The van der Waals surface area contributed by atoms with Crippen molar-refractivity contribution in [1.29, 1.82) is 0 Å². The van der Waals surface area contributed by atoms with E-state index < -0.39 is 86.4 Å². The molecule has 0 spiro atoms. The van der Waals surface area contributed by atoms with Crippen LogP contribution in [-0.2, 0) is 35.1 Å². The molecule has 0 bridgehead atoms. The van der Waals surface area contributed by atoms with E-state index in [2.05, 4.69) is 10.6 Å². The summed E-state index contributed by atoms with van der Waals surface area (Å²) in [7, 11) is 0. The Morgan fingerprint density at radius 1 is 0.889 bits per heavy atom. The van der Waals surface area contributed by atoms with Gasteiger partial charge in [0, 0.05) is 13.8 Å². The van der Waals surface area contributed by atoms with E-state index in [-0.39, 0.29) is 6.61 Å². The van der Waals surface area contributed by atoms with E-state index in [9.17, 15) is 34.4 Å². The average Bonchev–Trinajstić information content (AvgIpc) is 2.85. The van der Waals surface area contributed by atoms with Crippen molar-refractivity contribution in [3.05, 3.63) is 35.9 Å². The van der Waals surface area contributed by atoms with Gasteiger partial charge in [0.1, 0.15) is 42.6 Å². The number of hydrogen-bond donors (Lipinski definition) is 6. The van der Waals surface area contributed by atoms with Crippen molar-refractivity contribution in [2.24, 2.45) is 0 Å². The van der Waals surface area contributed by atoms with Gasteiger partial charge in [-0.1, -0.05) is 30.3 Å². The Morgan fingerprint density at radius 3 is 2.03 bits per heavy atom. The number of rotatable bonds is 9. The van der Waals surface area contributed by atoms with Crippen LogP contribution >= 0.6 is 0 Å². The first-order chi connectivity index (χ1) is 17.1. The highest BCUT2D eigenvalue weighted by molar-refractivity contribution is 5.73. The molecule has 2 aliphatic rings. The number of aliphatic hydroxyl groups is 4. The molecule has 2 fully saturated rings. The number of alkyl halides is 1. The summed E-state index contributed by atoms with van der Waals surface area (Å²) < 4.78 is 37.0. The molecule has 1 aromatic carbocycles. The molecule has 0 aromatic heterocycles. The minimum absolute atomic E-state index is 0.0799. The number of carbonyl (C=O) groups is 2. The molecule has 0 saturated carbocycles. The number of nitrogens with one attached hydrogen (secondary N) is 2. The van der Waals surface area contributed by atoms with Crippen LogP contribution in [0.15, 0.2) is 30.3 Å². The lowest BCUT2D eigenvalue weighted by molar-refractivity contribution is -0.301. The van der Waals surface area contributed by atoms with Crippen molar-refractivity contribution in [3.8, 4) is 0 Å². The lowest BCUT2D eigenvalue weighted by atomic mass is 9.96. The van der Waals surface area contributed by atoms with E-state index in [0.29, 0.717) is 0 Å². The molecule has 1 unspecified atom stereocenters. The van der Waals surface area contributed by atoms with E-state index in [1.54, 1.807) is 0 Å². The predicted octanol–water partition coefficient (Wildman–Crippen LogP) is -1.91. The Labute approximate surface area is 207 Å². The molecule has 2 saturated heterocycles. The molecule has 0 aliphatic carbocycles. The summed E-state index contributed by atoms with van der Waals surface area (Å²) >= 11 is 0. The second-order valence-electron chi connectivity index (χ2n) is 8.77. The third kappa shape index (κ3) is 6.95. The second kappa shape index (κ2) is 12.8. The normalized spacial score (nSPS) is 36.8. The quantitative estimate of drug-likeness (QED) is 0.217. The number of carbonyl (C=O) groups excluding carboxylic acids is 2. The molecule has 0 radical (unpaired) electrons. The SMILES string of the molecule is CC(=O)N[C@H]1[C@@H](OCc2ccccc2)O[C@H](COC2O[C@H](CO)[C@@H](F)[C@H](O)[C@H]2NC(C)=O)[C@H](O)[C@@H]1O. The topological polar surface area (TPSA) is 176 Å². The Hall–Kier alpha value is -2.23. The van der Waals surface area contributed by atoms with Crippen molar-refractivity contribution >= 4 is 11.8 Å². The van der Waals surface area contributed by atoms with E-state index in [1.165, 1.54) is 6.92 Å². The molecule has 13 heteroatoms. The minimum atomic E-state index is -1.99. The maximum absolute atomic E-state index is 14.4. The van der Waals surface area contributed by atoms with Gasteiger partial charge in [-0.2, -0.15) is 0 Å². The number of hydrogen-bond acceptors (Lipinski definition) is 10. The van der Waals surface area contributed by atoms with Crippen LogP contribution in [0.1, 0.15) is 19.4 Å². The first-order valence-corrected chi connectivity index (χ1v) is 11.5. The summed E-state index contributed by atoms with van der Waals surface area (Å²) in [5.74, 6) is -1.06. The summed E-state index contributed by atoms with van der Waals surface area (Å²) in [6.45, 7) is 1.30. The van der Waals surface area contributed by atoms with Gasteiger partial charge in [0.2, 0.25) is 11.8 Å². The van der Waals surface area contributed by atoms with Gasteiger partial charge >= 0.3 is 0 Å². The van der Waals surface area contributed by atoms with Gasteiger partial charge in [-0.3, -0.25) is 9.59 Å². The van der Waals surface area contributed by atoms with E-state index >= 15 is 0 Å². The molecular weight excluding hydrogens is 483 g/mol. The summed E-state index contributed by atoms with van der Waals surface area (Å²) in [6, 6.07) is 6.67. The molecule has 36 heavy (non-hydrogen) atoms. The monoisotopic (exact) mass is 516 g/mol. The smallest absolute Gasteiger partial charge is 0.217 e. The zero-order chi connectivity index (χ0) is 26.4. The largest absolute Gasteiger partial charge is 0.394 e. The van der Waals surface area contributed by atoms with Gasteiger partial charge in [-0.25, -0.2) is 4.39 Å². The predicted molar refractivity (Wildman–Crippen MR) is 120 cm³/mol. The van der Waals surface area contributed by atoms with Crippen LogP contribution in [0, 0.1) is 0 Å². The number of amides is 2. The molecule has 1 aromatic rings. The van der Waals surface area contributed by atoms with Gasteiger partial charge in [0.05, 0.1) is 19.8 Å². The van der Waals surface area contributed by atoms with E-state index in [4.69, 9.17) is 18.9 Å². The van der Waals surface area contributed by atoms with Gasteiger partial charge in [0.25, 0.3) is 0 Å². The van der Waals surface area contributed by atoms with Crippen molar-refractivity contribution in [3.63, 3.8) is 0 Å². The lowest BCUT2D eigenvalue weighted by Crippen LogP contribution is -2.66. The van der Waals surface area contributed by atoms with Crippen molar-refractivity contribution in [2.45, 2.75) is 81.8 Å². The van der Waals surface area contributed by atoms with Crippen LogP contribution in [0.25, 0.3) is 0 Å². The first kappa shape index (κ1) is 28.3. The number of aliphatic hydroxyl groups excluding tert-OH is 4. The fraction of sp³-hybridized carbons (Fsp3) is 0.652. The highest BCUT2D eigenvalue weighted by atomic mass is 19.1. The van der Waals surface area contributed by atoms with Crippen LogP contribution in [-0.4, -0.2) is 107 Å². The highest BCUT2D eigenvalue weighted by Crippen LogP contribution is 2.27. The zero-order valence-corrected chi connectivity index (χ0v) is 19.9. The molecule has 202 valence electrons. The van der Waals surface area contributed by atoms with Crippen LogP contribution in [0.4, 0.5) is 4.39 Å². The van der Waals surface area contributed by atoms with E-state index in [1.807, 2.05) is 30.3 Å². The minimum Gasteiger partial charge on any atom is -0.394 e. The third-order valence-corrected chi connectivity index (χ3v) is 5.95. The third-order valence-electron chi connectivity index (χ3n) is 5.95. The Balaban J connectivity index is 1.71. The Morgan fingerprint density at radius 2 is 1.44 bits per heavy atom. The standard InChI is InChI=1S/C23H33FN2O10/c1-11(28)25-17-20(31)16(24)14(8-27)35-22(17)34-10-15-19(30)21(32)18(26-12(2)29)23(36-15)33-9-13-6-4-3-5-7-13/h3-7,14-23,27,30-32H,8-10H2,1-2H3,(H,25,28)(H,26,29)/t14-,15-,16-,17-,18-,19+,20+,21-,22?,23+/m1/s1. The van der Waals surface area contributed by atoms with Crippen LogP contribution < -0.4 is 10.6 Å². The van der Waals surface area contributed by atoms with Crippen molar-refractivity contribution in [2.75, 3.05) is 13.2 Å². The van der Waals surface area contributed by atoms with Gasteiger partial charge in [0.15, 0.2) is 18.8 Å². The number of ether oxygens (including phenoxy) is 4. The maximum Gasteiger partial charge on any atom is 0.217 e. The lowest BCUT2D eigenvalue weighted by Gasteiger charge is -2.44. The average molecular weight is 517 g/mol. The van der Waals surface area contributed by atoms with Crippen molar-refractivity contribution < 1.29 is 53.4 Å². The molecule has 2 heterocycles. The molecule has 12 nitrogen and oxygen atoms in total. The van der Waals surface area contributed by atoms with Crippen LogP contribution in [0.5, 0.6) is 0 Å². The fourth-order valence-electron chi connectivity index (χ4n) is 4.13. The van der Waals surface area contributed by atoms with Gasteiger partial charge in [-0.15, -0.1) is 0 Å². The summed E-state index contributed by atoms with van der Waals surface area (Å²) in [4.78, 5) is 23.2. The highest BCUT2D eigenvalue weighted by Gasteiger charge is 2.49. The number of benzene rings is 1. The molecule has 10 atom stereocenters. The van der Waals surface area contributed by atoms with Gasteiger partial charge in [-0.05, 0) is 5.56 Å². The molecule has 2 amide bonds. The van der Waals surface area contributed by atoms with E-state index in [0.717, 1.165) is 12.5 Å². The second-order valence-corrected chi connectivity index (χ2v) is 8.77. The molecule has 2 aliphatic heterocycles. The fourth-order valence-corrected chi connectivity index (χ4v) is 4.13. The zero-order valence-electron chi connectivity index (χ0n) is 19.9. The molecular formula is C23H33FN2O10.